The van der Waals surface area contributed by atoms with Crippen LogP contribution in [0.15, 0.2) is 85.1 Å². The summed E-state index contributed by atoms with van der Waals surface area (Å²) in [5, 5.41) is 7.68. The molecule has 170 valence electrons. The second kappa shape index (κ2) is 9.23. The van der Waals surface area contributed by atoms with Crippen LogP contribution in [0.4, 0.5) is 11.4 Å². The predicted octanol–water partition coefficient (Wildman–Crippen LogP) is 4.93. The molecule has 0 unspecified atom stereocenters. The standard InChI is InChI=1S/C27H24N4O3/c1-34-23-10-5-7-19(17-23)26-24(18-31(29-26)22-8-3-2-4-9-22)27(33)28-20-12-14-21(15-13-20)30-16-6-11-25(30)32/h2-5,7-10,12-15,17-18H,6,11,16H2,1H3,(H,28,33). The molecule has 0 aliphatic carbocycles. The summed E-state index contributed by atoms with van der Waals surface area (Å²) in [5.41, 5.74) is 4.11. The number of benzene rings is 3. The van der Waals surface area contributed by atoms with E-state index in [1.54, 1.807) is 22.9 Å². The van der Waals surface area contributed by atoms with E-state index >= 15 is 0 Å². The molecule has 7 nitrogen and oxygen atoms in total. The van der Waals surface area contributed by atoms with E-state index in [2.05, 4.69) is 5.32 Å². The summed E-state index contributed by atoms with van der Waals surface area (Å²) >= 11 is 0. The summed E-state index contributed by atoms with van der Waals surface area (Å²) in [6, 6.07) is 24.5. The van der Waals surface area contributed by atoms with Gasteiger partial charge in [0.1, 0.15) is 11.4 Å². The molecule has 1 saturated heterocycles. The first-order valence-corrected chi connectivity index (χ1v) is 11.1. The zero-order chi connectivity index (χ0) is 23.5. The second-order valence-electron chi connectivity index (χ2n) is 8.05. The first-order valence-electron chi connectivity index (χ1n) is 11.1. The Morgan fingerprint density at radius 2 is 1.76 bits per heavy atom. The van der Waals surface area contributed by atoms with Crippen molar-refractivity contribution in [1.29, 1.82) is 0 Å². The predicted molar refractivity (Wildman–Crippen MR) is 132 cm³/mol. The molecule has 1 aliphatic heterocycles. The Kier molecular flexibility index (Phi) is 5.82. The van der Waals surface area contributed by atoms with Gasteiger partial charge in [0.05, 0.1) is 18.4 Å². The lowest BCUT2D eigenvalue weighted by atomic mass is 10.1. The van der Waals surface area contributed by atoms with E-state index in [9.17, 15) is 9.59 Å². The smallest absolute Gasteiger partial charge is 0.259 e. The van der Waals surface area contributed by atoms with Crippen LogP contribution in [-0.2, 0) is 4.79 Å². The van der Waals surface area contributed by atoms with Crippen molar-refractivity contribution in [1.82, 2.24) is 9.78 Å². The van der Waals surface area contributed by atoms with Crippen LogP contribution in [0.5, 0.6) is 5.75 Å². The summed E-state index contributed by atoms with van der Waals surface area (Å²) < 4.78 is 7.06. The normalized spacial score (nSPS) is 13.2. The van der Waals surface area contributed by atoms with Crippen LogP contribution in [0.2, 0.25) is 0 Å². The van der Waals surface area contributed by atoms with Crippen LogP contribution in [-0.4, -0.2) is 35.2 Å². The minimum Gasteiger partial charge on any atom is -0.497 e. The Balaban J connectivity index is 1.46. The SMILES string of the molecule is COc1cccc(-c2nn(-c3ccccc3)cc2C(=O)Nc2ccc(N3CCCC3=O)cc2)c1. The molecule has 0 atom stereocenters. The lowest BCUT2D eigenvalue weighted by molar-refractivity contribution is -0.117. The van der Waals surface area contributed by atoms with Crippen molar-refractivity contribution < 1.29 is 14.3 Å². The molecule has 1 N–H and O–H groups in total. The van der Waals surface area contributed by atoms with E-state index in [4.69, 9.17) is 9.84 Å². The molecule has 2 amide bonds. The number of nitrogens with zero attached hydrogens (tertiary/aromatic N) is 3. The number of nitrogens with one attached hydrogen (secondary N) is 1. The van der Waals surface area contributed by atoms with E-state index in [1.807, 2.05) is 78.9 Å². The van der Waals surface area contributed by atoms with Gasteiger partial charge < -0.3 is 15.0 Å². The number of ether oxygens (including phenoxy) is 1. The molecule has 4 aromatic rings. The first-order chi connectivity index (χ1) is 16.6. The zero-order valence-electron chi connectivity index (χ0n) is 18.8. The third-order valence-electron chi connectivity index (χ3n) is 5.83. The van der Waals surface area contributed by atoms with Crippen molar-refractivity contribution >= 4 is 23.2 Å². The van der Waals surface area contributed by atoms with Crippen molar-refractivity contribution in [3.05, 3.63) is 90.6 Å². The Hall–Kier alpha value is -4.39. The van der Waals surface area contributed by atoms with Gasteiger partial charge in [0.2, 0.25) is 5.91 Å². The van der Waals surface area contributed by atoms with Crippen LogP contribution < -0.4 is 15.0 Å². The fourth-order valence-electron chi connectivity index (χ4n) is 4.08. The molecule has 0 radical (unpaired) electrons. The maximum Gasteiger partial charge on any atom is 0.259 e. The lowest BCUT2D eigenvalue weighted by Crippen LogP contribution is -2.23. The topological polar surface area (TPSA) is 76.5 Å². The molecule has 1 fully saturated rings. The molecular weight excluding hydrogens is 428 g/mol. The van der Waals surface area contributed by atoms with Gasteiger partial charge in [-0.05, 0) is 55.0 Å². The molecule has 5 rings (SSSR count). The zero-order valence-corrected chi connectivity index (χ0v) is 18.8. The largest absolute Gasteiger partial charge is 0.497 e. The average Bonchev–Trinajstić information content (AvgIpc) is 3.52. The Labute approximate surface area is 197 Å². The maximum atomic E-state index is 13.3. The van der Waals surface area contributed by atoms with Gasteiger partial charge in [-0.2, -0.15) is 5.10 Å². The van der Waals surface area contributed by atoms with E-state index in [1.165, 1.54) is 0 Å². The highest BCUT2D eigenvalue weighted by atomic mass is 16.5. The number of hydrogen-bond donors (Lipinski definition) is 1. The number of rotatable bonds is 6. The summed E-state index contributed by atoms with van der Waals surface area (Å²) in [5.74, 6) is 0.545. The molecule has 1 aliphatic rings. The van der Waals surface area contributed by atoms with E-state index in [-0.39, 0.29) is 11.8 Å². The summed E-state index contributed by atoms with van der Waals surface area (Å²) in [6.07, 6.45) is 3.18. The fraction of sp³-hybridized carbons (Fsp3) is 0.148. The van der Waals surface area contributed by atoms with Crippen LogP contribution in [0, 0.1) is 0 Å². The van der Waals surface area contributed by atoms with Gasteiger partial charge in [-0.1, -0.05) is 30.3 Å². The second-order valence-corrected chi connectivity index (χ2v) is 8.05. The quantitative estimate of drug-likeness (QED) is 0.450. The van der Waals surface area contributed by atoms with E-state index in [0.29, 0.717) is 29.1 Å². The van der Waals surface area contributed by atoms with Crippen LogP contribution in [0.3, 0.4) is 0 Å². The number of anilines is 2. The first kappa shape index (κ1) is 21.5. The minimum atomic E-state index is -0.273. The monoisotopic (exact) mass is 452 g/mol. The molecule has 34 heavy (non-hydrogen) atoms. The highest BCUT2D eigenvalue weighted by Gasteiger charge is 2.22. The molecule has 0 saturated carbocycles. The molecule has 0 bridgehead atoms. The van der Waals surface area contributed by atoms with Crippen molar-refractivity contribution in [3.8, 4) is 22.7 Å². The number of amides is 2. The highest BCUT2D eigenvalue weighted by molar-refractivity contribution is 6.08. The van der Waals surface area contributed by atoms with E-state index < -0.39 is 0 Å². The fourth-order valence-corrected chi connectivity index (χ4v) is 4.08. The van der Waals surface area contributed by atoms with Gasteiger partial charge in [0, 0.05) is 36.1 Å². The highest BCUT2D eigenvalue weighted by Crippen LogP contribution is 2.28. The minimum absolute atomic E-state index is 0.132. The van der Waals surface area contributed by atoms with Crippen molar-refractivity contribution in [2.24, 2.45) is 0 Å². The molecular formula is C27H24N4O3. The molecule has 0 spiro atoms. The lowest BCUT2D eigenvalue weighted by Gasteiger charge is -2.16. The van der Waals surface area contributed by atoms with Crippen molar-refractivity contribution in [2.45, 2.75) is 12.8 Å². The van der Waals surface area contributed by atoms with Gasteiger partial charge in [-0.25, -0.2) is 4.68 Å². The number of para-hydroxylation sites is 1. The Morgan fingerprint density at radius 1 is 0.971 bits per heavy atom. The Bertz CT molecular complexity index is 1330. The number of methoxy groups -OCH3 is 1. The summed E-state index contributed by atoms with van der Waals surface area (Å²) in [6.45, 7) is 0.729. The summed E-state index contributed by atoms with van der Waals surface area (Å²) in [4.78, 5) is 27.1. The van der Waals surface area contributed by atoms with E-state index in [0.717, 1.165) is 29.9 Å². The molecule has 3 aromatic carbocycles. The number of hydrogen-bond acceptors (Lipinski definition) is 4. The Morgan fingerprint density at radius 3 is 2.47 bits per heavy atom. The van der Waals surface area contributed by atoms with Crippen molar-refractivity contribution in [3.63, 3.8) is 0 Å². The molecule has 7 heteroatoms. The third-order valence-corrected chi connectivity index (χ3v) is 5.83. The number of carbonyl (C=O) groups excluding carboxylic acids is 2. The molecule has 2 heterocycles. The summed E-state index contributed by atoms with van der Waals surface area (Å²) in [7, 11) is 1.61. The van der Waals surface area contributed by atoms with Gasteiger partial charge in [0.15, 0.2) is 0 Å². The maximum absolute atomic E-state index is 13.3. The van der Waals surface area contributed by atoms with Crippen LogP contribution in [0.25, 0.3) is 16.9 Å². The van der Waals surface area contributed by atoms with Gasteiger partial charge in [-0.3, -0.25) is 9.59 Å². The number of aromatic nitrogens is 2. The van der Waals surface area contributed by atoms with Crippen molar-refractivity contribution in [2.75, 3.05) is 23.9 Å². The average molecular weight is 453 g/mol. The van der Waals surface area contributed by atoms with Gasteiger partial charge in [0.25, 0.3) is 5.91 Å². The van der Waals surface area contributed by atoms with Gasteiger partial charge >= 0.3 is 0 Å². The van der Waals surface area contributed by atoms with Crippen LogP contribution >= 0.6 is 0 Å². The van der Waals surface area contributed by atoms with Gasteiger partial charge in [-0.15, -0.1) is 0 Å². The van der Waals surface area contributed by atoms with Crippen LogP contribution in [0.1, 0.15) is 23.2 Å². The molecule has 1 aromatic heterocycles. The number of carbonyl (C=O) groups is 2. The third kappa shape index (κ3) is 4.28.